The van der Waals surface area contributed by atoms with Crippen LogP contribution in [-0.4, -0.2) is 15.0 Å². The van der Waals surface area contributed by atoms with Crippen molar-refractivity contribution in [1.29, 1.82) is 0 Å². The molecule has 2 unspecified atom stereocenters. The van der Waals surface area contributed by atoms with Gasteiger partial charge in [0, 0.05) is 46.5 Å². The highest BCUT2D eigenvalue weighted by atomic mass is 14.9. The molecule has 0 fully saturated rings. The zero-order valence-corrected chi connectivity index (χ0v) is 30.0. The summed E-state index contributed by atoms with van der Waals surface area (Å²) in [6.07, 6.45) is 17.5. The molecule has 0 aliphatic heterocycles. The summed E-state index contributed by atoms with van der Waals surface area (Å²) in [5.74, 6) is 1.02. The van der Waals surface area contributed by atoms with E-state index in [-0.39, 0.29) is 11.8 Å². The number of allylic oxidation sites excluding steroid dienone is 6. The maximum Gasteiger partial charge on any atom is 0.160 e. The zero-order valence-electron chi connectivity index (χ0n) is 30.0. The third-order valence-corrected chi connectivity index (χ3v) is 10.1. The van der Waals surface area contributed by atoms with Crippen molar-refractivity contribution in [3.8, 4) is 67.3 Å². The number of pyridine rings is 1. The summed E-state index contributed by atoms with van der Waals surface area (Å²) >= 11 is 0. The van der Waals surface area contributed by atoms with E-state index in [1.807, 2.05) is 30.5 Å². The van der Waals surface area contributed by atoms with Crippen molar-refractivity contribution in [3.05, 3.63) is 219 Å². The Morgan fingerprint density at radius 3 is 1.83 bits per heavy atom. The fourth-order valence-electron chi connectivity index (χ4n) is 7.40. The summed E-state index contributed by atoms with van der Waals surface area (Å²) < 4.78 is 0. The summed E-state index contributed by atoms with van der Waals surface area (Å²) in [4.78, 5) is 14.7. The van der Waals surface area contributed by atoms with Gasteiger partial charge in [0.05, 0.1) is 11.4 Å². The van der Waals surface area contributed by atoms with Crippen LogP contribution in [0.1, 0.15) is 28.5 Å². The average molecular weight is 694 g/mol. The van der Waals surface area contributed by atoms with Gasteiger partial charge in [-0.2, -0.15) is 0 Å². The van der Waals surface area contributed by atoms with E-state index >= 15 is 0 Å². The molecular formula is C51H39N3. The molecule has 1 aliphatic carbocycles. The minimum Gasteiger partial charge on any atom is -0.264 e. The van der Waals surface area contributed by atoms with Gasteiger partial charge in [0.2, 0.25) is 0 Å². The first-order valence-corrected chi connectivity index (χ1v) is 18.2. The lowest BCUT2D eigenvalue weighted by atomic mass is 9.71. The summed E-state index contributed by atoms with van der Waals surface area (Å²) in [5, 5.41) is 0. The van der Waals surface area contributed by atoms with Gasteiger partial charge in [-0.05, 0) is 74.8 Å². The van der Waals surface area contributed by atoms with Crippen LogP contribution in [0.4, 0.5) is 0 Å². The Morgan fingerprint density at radius 1 is 0.463 bits per heavy atom. The van der Waals surface area contributed by atoms with Crippen molar-refractivity contribution < 1.29 is 0 Å². The first kappa shape index (κ1) is 34.1. The minimum atomic E-state index is 0.165. The molecule has 0 radical (unpaired) electrons. The van der Waals surface area contributed by atoms with Crippen LogP contribution in [0.2, 0.25) is 0 Å². The van der Waals surface area contributed by atoms with E-state index in [0.29, 0.717) is 5.82 Å². The molecule has 0 bridgehead atoms. The Labute approximate surface area is 317 Å². The number of hydrogen-bond acceptors (Lipinski definition) is 3. The van der Waals surface area contributed by atoms with E-state index in [9.17, 15) is 0 Å². The highest BCUT2D eigenvalue weighted by molar-refractivity contribution is 5.83. The molecule has 0 spiro atoms. The summed E-state index contributed by atoms with van der Waals surface area (Å²) in [7, 11) is 0. The van der Waals surface area contributed by atoms with E-state index in [4.69, 9.17) is 9.97 Å². The quantitative estimate of drug-likeness (QED) is 0.106. The van der Waals surface area contributed by atoms with E-state index < -0.39 is 0 Å². The van der Waals surface area contributed by atoms with E-state index in [0.717, 1.165) is 55.9 Å². The van der Waals surface area contributed by atoms with Crippen molar-refractivity contribution in [2.75, 3.05) is 0 Å². The molecule has 3 nitrogen and oxygen atoms in total. The van der Waals surface area contributed by atoms with Gasteiger partial charge in [-0.3, -0.25) is 4.98 Å². The van der Waals surface area contributed by atoms with Gasteiger partial charge in [-0.25, -0.2) is 9.97 Å². The van der Waals surface area contributed by atoms with Crippen LogP contribution in [0.3, 0.4) is 0 Å². The third-order valence-electron chi connectivity index (χ3n) is 10.1. The lowest BCUT2D eigenvalue weighted by Gasteiger charge is -2.32. The average Bonchev–Trinajstić information content (AvgIpc) is 3.25. The largest absolute Gasteiger partial charge is 0.264 e. The molecule has 2 atom stereocenters. The molecule has 0 saturated carbocycles. The van der Waals surface area contributed by atoms with E-state index in [2.05, 4.69) is 170 Å². The van der Waals surface area contributed by atoms with E-state index in [1.165, 1.54) is 22.3 Å². The van der Waals surface area contributed by atoms with Gasteiger partial charge in [0.1, 0.15) is 0 Å². The second-order valence-corrected chi connectivity index (χ2v) is 13.4. The molecule has 0 saturated heterocycles. The van der Waals surface area contributed by atoms with Crippen LogP contribution in [0.25, 0.3) is 73.4 Å². The number of rotatable bonds is 10. The van der Waals surface area contributed by atoms with Crippen molar-refractivity contribution >= 4 is 6.08 Å². The SMILES string of the molecule is C=C/C=C\C=C\c1ccc(-c2cc(-c3cccc(-c4cccnc4)c3)nc(-c3cccc(-c4ccc5c(c4)-c4ccccc4C(C=C)C5C=C)c3)n2)cc1. The lowest BCUT2D eigenvalue weighted by molar-refractivity contribution is 0.730. The number of benzene rings is 5. The molecule has 8 rings (SSSR count). The van der Waals surface area contributed by atoms with Gasteiger partial charge in [-0.15, -0.1) is 13.2 Å². The Hall–Kier alpha value is -6.97. The predicted molar refractivity (Wildman–Crippen MR) is 227 cm³/mol. The molecule has 1 aliphatic rings. The van der Waals surface area contributed by atoms with Crippen molar-refractivity contribution in [1.82, 2.24) is 15.0 Å². The first-order chi connectivity index (χ1) is 26.6. The van der Waals surface area contributed by atoms with Crippen LogP contribution in [-0.2, 0) is 0 Å². The van der Waals surface area contributed by atoms with Crippen LogP contribution in [0, 0.1) is 0 Å². The number of aromatic nitrogens is 3. The fraction of sp³-hybridized carbons (Fsp3) is 0.0392. The maximum absolute atomic E-state index is 5.21. The topological polar surface area (TPSA) is 38.7 Å². The number of fused-ring (bicyclic) bond motifs is 3. The molecule has 258 valence electrons. The van der Waals surface area contributed by atoms with E-state index in [1.54, 1.807) is 12.3 Å². The molecule has 7 aromatic rings. The Kier molecular flexibility index (Phi) is 9.69. The third kappa shape index (κ3) is 6.83. The Bertz CT molecular complexity index is 2560. The van der Waals surface area contributed by atoms with Crippen LogP contribution in [0.15, 0.2) is 202 Å². The highest BCUT2D eigenvalue weighted by Gasteiger charge is 2.30. The summed E-state index contributed by atoms with van der Waals surface area (Å²) in [6, 6.07) is 47.1. The smallest absolute Gasteiger partial charge is 0.160 e. The Balaban J connectivity index is 1.22. The monoisotopic (exact) mass is 693 g/mol. The Morgan fingerprint density at radius 2 is 1.09 bits per heavy atom. The minimum absolute atomic E-state index is 0.165. The first-order valence-electron chi connectivity index (χ1n) is 18.2. The second kappa shape index (κ2) is 15.3. The lowest BCUT2D eigenvalue weighted by Crippen LogP contribution is -2.14. The van der Waals surface area contributed by atoms with Gasteiger partial charge >= 0.3 is 0 Å². The molecule has 0 amide bonds. The van der Waals surface area contributed by atoms with Crippen molar-refractivity contribution in [3.63, 3.8) is 0 Å². The molecule has 2 heterocycles. The fourth-order valence-corrected chi connectivity index (χ4v) is 7.40. The van der Waals surface area contributed by atoms with Gasteiger partial charge in [-0.1, -0.05) is 152 Å². The van der Waals surface area contributed by atoms with Crippen molar-refractivity contribution in [2.45, 2.75) is 11.8 Å². The molecule has 2 aromatic heterocycles. The van der Waals surface area contributed by atoms with Gasteiger partial charge in [0.25, 0.3) is 0 Å². The molecule has 0 N–H and O–H groups in total. The second-order valence-electron chi connectivity index (χ2n) is 13.4. The van der Waals surface area contributed by atoms with Crippen LogP contribution in [0.5, 0.6) is 0 Å². The maximum atomic E-state index is 5.21. The molecular weight excluding hydrogens is 655 g/mol. The molecule has 54 heavy (non-hydrogen) atoms. The normalized spacial score (nSPS) is 14.7. The zero-order chi connectivity index (χ0) is 36.9. The number of hydrogen-bond donors (Lipinski definition) is 0. The standard InChI is InChI=1S/C51H39N3/c1-4-7-8-9-15-35-23-25-36(26-24-35)49-33-50(40-18-12-17-38(30-40)42-20-14-29-52-34-42)54-51(53-49)41-19-13-16-37(31-41)39-27-28-47-44(6-3)43(5-2)45-21-10-11-22-46(45)48(47)32-39/h4-34,43-44H,1-3H2/b8-7-,15-9+. The van der Waals surface area contributed by atoms with Crippen LogP contribution < -0.4 is 0 Å². The van der Waals surface area contributed by atoms with Crippen molar-refractivity contribution in [2.24, 2.45) is 0 Å². The summed E-state index contributed by atoms with van der Waals surface area (Å²) in [6.45, 7) is 12.1. The van der Waals surface area contributed by atoms with Gasteiger partial charge < -0.3 is 0 Å². The predicted octanol–water partition coefficient (Wildman–Crippen LogP) is 13.2. The van der Waals surface area contributed by atoms with Gasteiger partial charge in [0.15, 0.2) is 5.82 Å². The highest BCUT2D eigenvalue weighted by Crippen LogP contribution is 2.49. The molecule has 3 heteroatoms. The summed E-state index contributed by atoms with van der Waals surface area (Å²) in [5.41, 5.74) is 15.2. The van der Waals surface area contributed by atoms with Crippen LogP contribution >= 0.6 is 0 Å². The molecule has 5 aromatic carbocycles. The number of nitrogens with zero attached hydrogens (tertiary/aromatic N) is 3.